The van der Waals surface area contributed by atoms with Crippen LogP contribution in [0.1, 0.15) is 0 Å². The normalized spacial score (nSPS) is 14.6. The van der Waals surface area contributed by atoms with Crippen molar-refractivity contribution in [3.8, 4) is 0 Å². The van der Waals surface area contributed by atoms with Crippen molar-refractivity contribution in [3.63, 3.8) is 0 Å². The molecule has 1 aliphatic heterocycles. The van der Waals surface area contributed by atoms with Gasteiger partial charge in [0.2, 0.25) is 0 Å². The van der Waals surface area contributed by atoms with Crippen LogP contribution in [0.3, 0.4) is 0 Å². The summed E-state index contributed by atoms with van der Waals surface area (Å²) in [6.07, 6.45) is 1.95. The van der Waals surface area contributed by atoms with Crippen LogP contribution in [0.15, 0.2) is 88.8 Å². The molecule has 1 aromatic heterocycles. The van der Waals surface area contributed by atoms with E-state index in [1.807, 2.05) is 54.7 Å². The van der Waals surface area contributed by atoms with E-state index < -0.39 is 0 Å². The third-order valence-corrected chi connectivity index (χ3v) is 6.13. The zero-order chi connectivity index (χ0) is 19.9. The van der Waals surface area contributed by atoms with Gasteiger partial charge in [0.05, 0.1) is 11.9 Å². The number of carbonyl (C=O) groups is 1. The van der Waals surface area contributed by atoms with Gasteiger partial charge in [0.25, 0.3) is 11.7 Å². The predicted molar refractivity (Wildman–Crippen MR) is 116 cm³/mol. The molecule has 0 radical (unpaired) electrons. The summed E-state index contributed by atoms with van der Waals surface area (Å²) >= 11 is 1.67. The van der Waals surface area contributed by atoms with Crippen LogP contribution in [0.2, 0.25) is 0 Å². The van der Waals surface area contributed by atoms with Crippen LogP contribution in [0.4, 0.5) is 11.5 Å². The molecule has 5 nitrogen and oxygen atoms in total. The zero-order valence-corrected chi connectivity index (χ0v) is 17.1. The van der Waals surface area contributed by atoms with Crippen molar-refractivity contribution in [1.29, 1.82) is 0 Å². The van der Waals surface area contributed by atoms with Crippen molar-refractivity contribution in [2.45, 2.75) is 9.79 Å². The Hall–Kier alpha value is -2.83. The van der Waals surface area contributed by atoms with Crippen molar-refractivity contribution in [1.82, 2.24) is 0 Å². The van der Waals surface area contributed by atoms with Crippen LogP contribution >= 0.6 is 11.8 Å². The number of carbonyl (C=O) groups excluding carboxylic acids is 1. The number of benzene rings is 2. The number of hydrogen-bond acceptors (Lipinski definition) is 3. The smallest absolute Gasteiger partial charge is 0.279 e. The van der Waals surface area contributed by atoms with E-state index in [1.54, 1.807) is 11.8 Å². The highest BCUT2D eigenvalue weighted by Gasteiger charge is 2.27. The number of anilines is 2. The molecule has 0 atom stereocenters. The molecule has 29 heavy (non-hydrogen) atoms. The number of nitrogens with zero attached hydrogens (tertiary/aromatic N) is 1. The molecule has 0 aliphatic carbocycles. The van der Waals surface area contributed by atoms with Crippen molar-refractivity contribution in [2.75, 3.05) is 42.9 Å². The van der Waals surface area contributed by atoms with Gasteiger partial charge >= 0.3 is 0 Å². The van der Waals surface area contributed by atoms with E-state index in [1.165, 1.54) is 4.90 Å². The topological polar surface area (TPSA) is 50.9 Å². The summed E-state index contributed by atoms with van der Waals surface area (Å²) in [5.41, 5.74) is 0.878. The fraction of sp³-hybridized carbons (Fsp3) is 0.217. The summed E-state index contributed by atoms with van der Waals surface area (Å²) in [6, 6.07) is 24.4. The number of rotatable bonds is 6. The fourth-order valence-corrected chi connectivity index (χ4v) is 4.44. The third-order valence-electron chi connectivity index (χ3n) is 5.05. The highest BCUT2D eigenvalue weighted by atomic mass is 32.2. The molecule has 0 saturated carbocycles. The summed E-state index contributed by atoms with van der Waals surface area (Å²) in [5.74, 6) is 1.21. The Labute approximate surface area is 175 Å². The number of amides is 1. The molecule has 6 heteroatoms. The Balaban J connectivity index is 1.31. The van der Waals surface area contributed by atoms with Gasteiger partial charge in [-0.2, -0.15) is 0 Å². The number of nitrogens with one attached hydrogen (secondary N) is 3. The first-order valence-corrected chi connectivity index (χ1v) is 10.8. The largest absolute Gasteiger partial charge is 0.321 e. The van der Waals surface area contributed by atoms with Gasteiger partial charge in [0, 0.05) is 15.9 Å². The molecule has 4 rings (SSSR count). The number of piperazine rings is 1. The van der Waals surface area contributed by atoms with E-state index in [0.29, 0.717) is 6.54 Å². The van der Waals surface area contributed by atoms with E-state index in [4.69, 9.17) is 0 Å². The first kappa shape index (κ1) is 19.5. The maximum absolute atomic E-state index is 12.7. The van der Waals surface area contributed by atoms with Gasteiger partial charge in [-0.25, -0.2) is 4.98 Å². The van der Waals surface area contributed by atoms with E-state index in [-0.39, 0.29) is 5.91 Å². The summed E-state index contributed by atoms with van der Waals surface area (Å²) in [7, 11) is 0. The molecule has 0 unspecified atom stereocenters. The molecular formula is C23H26N4OS+2. The summed E-state index contributed by atoms with van der Waals surface area (Å²) < 4.78 is 0. The molecule has 1 amide bonds. The second kappa shape index (κ2) is 9.58. The van der Waals surface area contributed by atoms with Gasteiger partial charge in [-0.05, 0) is 30.3 Å². The molecular weight excluding hydrogens is 380 g/mol. The molecule has 3 N–H and O–H groups in total. The van der Waals surface area contributed by atoms with Crippen molar-refractivity contribution >= 4 is 29.2 Å². The predicted octanol–water partition coefficient (Wildman–Crippen LogP) is 2.00. The van der Waals surface area contributed by atoms with Crippen LogP contribution in [0.25, 0.3) is 0 Å². The quantitative estimate of drug-likeness (QED) is 0.658. The van der Waals surface area contributed by atoms with Crippen LogP contribution in [0, 0.1) is 0 Å². The van der Waals surface area contributed by atoms with Crippen molar-refractivity contribution in [3.05, 3.63) is 79.0 Å². The zero-order valence-electron chi connectivity index (χ0n) is 16.3. The second-order valence-corrected chi connectivity index (χ2v) is 8.24. The van der Waals surface area contributed by atoms with Gasteiger partial charge < -0.3 is 10.2 Å². The molecule has 1 aliphatic rings. The standard InChI is InChI=1S/C23H24N4OS/c28-23(18-26-14-16-27(17-15-26)22-12-6-7-13-24-22)25-20-10-4-5-11-21(20)29-19-8-2-1-3-9-19/h1-13H,14-18H2,(H,25,28)/p+2. The number of H-pyrrole nitrogens is 1. The van der Waals surface area contributed by atoms with E-state index in [9.17, 15) is 4.79 Å². The van der Waals surface area contributed by atoms with Crippen LogP contribution in [-0.4, -0.2) is 38.6 Å². The van der Waals surface area contributed by atoms with E-state index in [0.717, 1.165) is 47.5 Å². The maximum Gasteiger partial charge on any atom is 0.279 e. The number of aromatic amines is 1. The average molecular weight is 407 g/mol. The Morgan fingerprint density at radius 2 is 1.69 bits per heavy atom. The van der Waals surface area contributed by atoms with Crippen molar-refractivity contribution in [2.24, 2.45) is 0 Å². The number of quaternary nitrogens is 1. The van der Waals surface area contributed by atoms with Gasteiger partial charge in [0.15, 0.2) is 6.54 Å². The number of para-hydroxylation sites is 1. The third kappa shape index (κ3) is 5.37. The van der Waals surface area contributed by atoms with E-state index >= 15 is 0 Å². The number of aromatic nitrogens is 1. The summed E-state index contributed by atoms with van der Waals surface area (Å²) in [6.45, 7) is 4.30. The van der Waals surface area contributed by atoms with Crippen LogP contribution < -0.4 is 20.1 Å². The van der Waals surface area contributed by atoms with Gasteiger partial charge in [-0.15, -0.1) is 0 Å². The summed E-state index contributed by atoms with van der Waals surface area (Å²) in [4.78, 5) is 21.8. The first-order chi connectivity index (χ1) is 14.3. The van der Waals surface area contributed by atoms with Crippen molar-refractivity contribution < 1.29 is 14.7 Å². The fourth-order valence-electron chi connectivity index (χ4n) is 3.52. The Bertz CT molecular complexity index is 928. The van der Waals surface area contributed by atoms with Gasteiger partial charge in [-0.1, -0.05) is 48.2 Å². The van der Waals surface area contributed by atoms with Crippen LogP contribution in [0.5, 0.6) is 0 Å². The lowest BCUT2D eigenvalue weighted by Crippen LogP contribution is -3.15. The highest BCUT2D eigenvalue weighted by molar-refractivity contribution is 7.99. The minimum absolute atomic E-state index is 0.0702. The lowest BCUT2D eigenvalue weighted by molar-refractivity contribution is -0.892. The minimum Gasteiger partial charge on any atom is -0.321 e. The molecule has 2 aromatic carbocycles. The molecule has 3 aromatic rings. The molecule has 148 valence electrons. The monoisotopic (exact) mass is 406 g/mol. The maximum atomic E-state index is 12.7. The SMILES string of the molecule is O=C(C[NH+]1CCN(c2cccc[nH+]2)CC1)Nc1ccccc1Sc1ccccc1. The molecule has 0 spiro atoms. The van der Waals surface area contributed by atoms with Gasteiger partial charge in [-0.3, -0.25) is 9.69 Å². The molecule has 0 bridgehead atoms. The summed E-state index contributed by atoms with van der Waals surface area (Å²) in [5, 5.41) is 3.12. The lowest BCUT2D eigenvalue weighted by atomic mass is 10.3. The van der Waals surface area contributed by atoms with Crippen LogP contribution in [-0.2, 0) is 4.79 Å². The first-order valence-electron chi connectivity index (χ1n) is 9.95. The highest BCUT2D eigenvalue weighted by Crippen LogP contribution is 2.33. The molecule has 1 saturated heterocycles. The Morgan fingerprint density at radius 3 is 2.45 bits per heavy atom. The average Bonchev–Trinajstić information content (AvgIpc) is 2.77. The second-order valence-electron chi connectivity index (χ2n) is 7.12. The van der Waals surface area contributed by atoms with Gasteiger partial charge in [0.1, 0.15) is 26.2 Å². The Kier molecular flexibility index (Phi) is 6.44. The number of pyridine rings is 1. The molecule has 2 heterocycles. The Morgan fingerprint density at radius 1 is 0.966 bits per heavy atom. The number of hydrogen-bond donors (Lipinski definition) is 2. The van der Waals surface area contributed by atoms with E-state index in [2.05, 4.69) is 39.5 Å². The lowest BCUT2D eigenvalue weighted by Gasteiger charge is -2.27. The molecule has 1 fully saturated rings. The minimum atomic E-state index is 0.0702.